The second-order valence-electron chi connectivity index (χ2n) is 6.13. The molecule has 3 rings (SSSR count). The van der Waals surface area contributed by atoms with E-state index in [1.54, 1.807) is 0 Å². The van der Waals surface area contributed by atoms with E-state index >= 15 is 0 Å². The van der Waals surface area contributed by atoms with Crippen LogP contribution in [0.15, 0.2) is 48.7 Å². The molecule has 3 heteroatoms. The van der Waals surface area contributed by atoms with E-state index in [-0.39, 0.29) is 5.54 Å². The van der Waals surface area contributed by atoms with Gasteiger partial charge in [-0.05, 0) is 43.5 Å². The molecule has 0 atom stereocenters. The van der Waals surface area contributed by atoms with Gasteiger partial charge < -0.3 is 4.90 Å². The number of nitrogens with zero attached hydrogens (tertiary/aromatic N) is 2. The Balaban J connectivity index is 2.06. The van der Waals surface area contributed by atoms with Crippen LogP contribution in [0.1, 0.15) is 36.9 Å². The average Bonchev–Trinajstić information content (AvgIpc) is 2.56. The highest BCUT2D eigenvalue weighted by Crippen LogP contribution is 2.42. The summed E-state index contributed by atoms with van der Waals surface area (Å²) in [6.07, 6.45) is 4.76. The number of hydrogen-bond acceptors (Lipinski definition) is 3. The third kappa shape index (κ3) is 2.52. The Morgan fingerprint density at radius 1 is 1.05 bits per heavy atom. The lowest BCUT2D eigenvalue weighted by Crippen LogP contribution is -2.47. The first-order valence-corrected chi connectivity index (χ1v) is 7.86. The summed E-state index contributed by atoms with van der Waals surface area (Å²) in [5, 5.41) is 0. The molecule has 1 aromatic heterocycles. The lowest BCUT2D eigenvalue weighted by atomic mass is 9.77. The van der Waals surface area contributed by atoms with Crippen LogP contribution in [0.5, 0.6) is 0 Å². The maximum absolute atomic E-state index is 11.8. The van der Waals surface area contributed by atoms with Gasteiger partial charge in [0.05, 0.1) is 11.2 Å². The number of Topliss-reactive ketones (excluding diaryl/α,β-unsaturated/α-hetero) is 1. The van der Waals surface area contributed by atoms with Crippen LogP contribution >= 0.6 is 0 Å². The summed E-state index contributed by atoms with van der Waals surface area (Å²) in [6, 6.07) is 14.5. The van der Waals surface area contributed by atoms with Gasteiger partial charge in [-0.15, -0.1) is 0 Å². The summed E-state index contributed by atoms with van der Waals surface area (Å²) in [6.45, 7) is 2.13. The molecule has 1 fully saturated rings. The molecule has 1 aromatic carbocycles. The molecule has 0 radical (unpaired) electrons. The molecule has 0 spiro atoms. The predicted octanol–water partition coefficient (Wildman–Crippen LogP) is 3.86. The third-order valence-electron chi connectivity index (χ3n) is 4.90. The number of para-hydroxylation sites is 1. The monoisotopic (exact) mass is 294 g/mol. The summed E-state index contributed by atoms with van der Waals surface area (Å²) in [4.78, 5) is 18.7. The van der Waals surface area contributed by atoms with Gasteiger partial charge in [0, 0.05) is 31.8 Å². The topological polar surface area (TPSA) is 33.2 Å². The molecule has 114 valence electrons. The first-order valence-electron chi connectivity index (χ1n) is 7.86. The molecule has 1 aliphatic carbocycles. The first-order chi connectivity index (χ1) is 10.6. The summed E-state index contributed by atoms with van der Waals surface area (Å²) < 4.78 is 0. The van der Waals surface area contributed by atoms with Crippen LogP contribution in [0.2, 0.25) is 0 Å². The van der Waals surface area contributed by atoms with Gasteiger partial charge in [-0.3, -0.25) is 9.78 Å². The van der Waals surface area contributed by atoms with Crippen molar-refractivity contribution in [3.8, 4) is 0 Å². The Morgan fingerprint density at radius 2 is 1.73 bits per heavy atom. The van der Waals surface area contributed by atoms with Gasteiger partial charge in [0.15, 0.2) is 0 Å². The van der Waals surface area contributed by atoms with E-state index in [1.165, 1.54) is 11.3 Å². The van der Waals surface area contributed by atoms with Crippen molar-refractivity contribution in [1.29, 1.82) is 0 Å². The number of rotatable bonds is 3. The van der Waals surface area contributed by atoms with Crippen molar-refractivity contribution in [3.63, 3.8) is 0 Å². The van der Waals surface area contributed by atoms with Gasteiger partial charge in [-0.1, -0.05) is 24.3 Å². The molecule has 0 N–H and O–H groups in total. The van der Waals surface area contributed by atoms with E-state index in [0.29, 0.717) is 18.6 Å². The molecule has 0 bridgehead atoms. The molecule has 22 heavy (non-hydrogen) atoms. The van der Waals surface area contributed by atoms with Gasteiger partial charge in [0.2, 0.25) is 0 Å². The zero-order chi connectivity index (χ0) is 15.6. The van der Waals surface area contributed by atoms with Crippen LogP contribution in [0.4, 0.5) is 5.69 Å². The van der Waals surface area contributed by atoms with E-state index in [2.05, 4.69) is 54.2 Å². The maximum Gasteiger partial charge on any atom is 0.133 e. The van der Waals surface area contributed by atoms with Crippen LogP contribution in [0, 0.1) is 6.92 Å². The lowest BCUT2D eigenvalue weighted by molar-refractivity contribution is -0.121. The summed E-state index contributed by atoms with van der Waals surface area (Å²) in [7, 11) is 2.13. The summed E-state index contributed by atoms with van der Waals surface area (Å²) >= 11 is 0. The molecule has 0 unspecified atom stereocenters. The molecule has 1 aliphatic rings. The van der Waals surface area contributed by atoms with Crippen molar-refractivity contribution in [2.24, 2.45) is 0 Å². The molecule has 0 saturated heterocycles. The number of hydrogen-bond donors (Lipinski definition) is 0. The van der Waals surface area contributed by atoms with Crippen molar-refractivity contribution in [2.45, 2.75) is 38.1 Å². The Morgan fingerprint density at radius 3 is 2.36 bits per heavy atom. The number of anilines is 1. The van der Waals surface area contributed by atoms with Crippen LogP contribution in [-0.2, 0) is 10.3 Å². The smallest absolute Gasteiger partial charge is 0.133 e. The van der Waals surface area contributed by atoms with Gasteiger partial charge in [0.25, 0.3) is 0 Å². The Bertz CT molecular complexity index is 656. The zero-order valence-corrected chi connectivity index (χ0v) is 13.2. The van der Waals surface area contributed by atoms with Gasteiger partial charge in [0.1, 0.15) is 5.78 Å². The Kier molecular flexibility index (Phi) is 3.97. The molecule has 3 nitrogen and oxygen atoms in total. The molecule has 1 heterocycles. The SMILES string of the molecule is Cc1ccccc1N(C)C1(c2ccccn2)CCC(=O)CC1. The minimum absolute atomic E-state index is 0.193. The number of aromatic nitrogens is 1. The largest absolute Gasteiger partial charge is 0.363 e. The maximum atomic E-state index is 11.8. The molecule has 0 amide bonds. The predicted molar refractivity (Wildman–Crippen MR) is 89.0 cm³/mol. The number of pyridine rings is 1. The van der Waals surface area contributed by atoms with E-state index in [4.69, 9.17) is 0 Å². The van der Waals surface area contributed by atoms with E-state index in [9.17, 15) is 4.79 Å². The summed E-state index contributed by atoms with van der Waals surface area (Å²) in [5.74, 6) is 0.365. The van der Waals surface area contributed by atoms with Crippen LogP contribution in [-0.4, -0.2) is 17.8 Å². The van der Waals surface area contributed by atoms with Crippen molar-refractivity contribution in [3.05, 3.63) is 59.9 Å². The quantitative estimate of drug-likeness (QED) is 0.861. The highest BCUT2D eigenvalue weighted by molar-refractivity contribution is 5.80. The number of ketones is 1. The minimum atomic E-state index is -0.193. The number of carbonyl (C=O) groups is 1. The number of benzene rings is 1. The highest BCUT2D eigenvalue weighted by atomic mass is 16.1. The molecular formula is C19H22N2O. The van der Waals surface area contributed by atoms with Gasteiger partial charge in [-0.2, -0.15) is 0 Å². The van der Waals surface area contributed by atoms with E-state index in [0.717, 1.165) is 18.5 Å². The van der Waals surface area contributed by atoms with E-state index < -0.39 is 0 Å². The van der Waals surface area contributed by atoms with Crippen molar-refractivity contribution >= 4 is 11.5 Å². The van der Waals surface area contributed by atoms with E-state index in [1.807, 2.05) is 18.3 Å². The van der Waals surface area contributed by atoms with Crippen LogP contribution < -0.4 is 4.90 Å². The zero-order valence-electron chi connectivity index (χ0n) is 13.2. The Labute approximate surface area is 132 Å². The minimum Gasteiger partial charge on any atom is -0.363 e. The Hall–Kier alpha value is -2.16. The fourth-order valence-electron chi connectivity index (χ4n) is 3.51. The van der Waals surface area contributed by atoms with Crippen LogP contribution in [0.25, 0.3) is 0 Å². The fraction of sp³-hybridized carbons (Fsp3) is 0.368. The standard InChI is InChI=1S/C19H22N2O/c1-15-7-3-4-8-17(15)21(2)19(12-10-16(22)11-13-19)18-9-5-6-14-20-18/h3-9,14H,10-13H2,1-2H3. The van der Waals surface area contributed by atoms with Crippen LogP contribution in [0.3, 0.4) is 0 Å². The number of aryl methyl sites for hydroxylation is 1. The molecule has 1 saturated carbocycles. The molecule has 0 aliphatic heterocycles. The summed E-state index contributed by atoms with van der Waals surface area (Å²) in [5.41, 5.74) is 3.33. The second kappa shape index (κ2) is 5.91. The molecule has 2 aromatic rings. The highest BCUT2D eigenvalue weighted by Gasteiger charge is 2.41. The van der Waals surface area contributed by atoms with Gasteiger partial charge >= 0.3 is 0 Å². The average molecular weight is 294 g/mol. The normalized spacial score (nSPS) is 17.3. The fourth-order valence-corrected chi connectivity index (χ4v) is 3.51. The first kappa shape index (κ1) is 14.8. The van der Waals surface area contributed by atoms with Gasteiger partial charge in [-0.25, -0.2) is 0 Å². The van der Waals surface area contributed by atoms with Crippen molar-refractivity contribution < 1.29 is 4.79 Å². The lowest BCUT2D eigenvalue weighted by Gasteiger charge is -2.45. The third-order valence-corrected chi connectivity index (χ3v) is 4.90. The second-order valence-corrected chi connectivity index (χ2v) is 6.13. The molecular weight excluding hydrogens is 272 g/mol. The van der Waals surface area contributed by atoms with Crippen molar-refractivity contribution in [2.75, 3.05) is 11.9 Å². The number of carbonyl (C=O) groups excluding carboxylic acids is 1. The van der Waals surface area contributed by atoms with Crippen molar-refractivity contribution in [1.82, 2.24) is 4.98 Å².